The number of halogens is 1. The Balaban J connectivity index is 2.46. The maximum atomic E-state index is 13.1. The second-order valence-electron chi connectivity index (χ2n) is 5.79. The van der Waals surface area contributed by atoms with Crippen molar-refractivity contribution in [3.63, 3.8) is 0 Å². The average Bonchev–Trinajstić information content (AvgIpc) is 2.57. The molecule has 0 spiro atoms. The highest BCUT2D eigenvalue weighted by atomic mass is 35.5. The Morgan fingerprint density at radius 3 is 2.36 bits per heavy atom. The molecule has 0 aliphatic rings. The SMILES string of the molecule is CCN(c1ccccc1)S(=O)(=O)c1cc(NC(=O)C(C)C)ccc1Cl. The monoisotopic (exact) mass is 380 g/mol. The van der Waals surface area contributed by atoms with Gasteiger partial charge in [-0.25, -0.2) is 8.42 Å². The van der Waals surface area contributed by atoms with Crippen LogP contribution in [0.3, 0.4) is 0 Å². The summed E-state index contributed by atoms with van der Waals surface area (Å²) in [6.07, 6.45) is 0. The van der Waals surface area contributed by atoms with E-state index in [-0.39, 0.29) is 28.3 Å². The van der Waals surface area contributed by atoms with Crippen LogP contribution < -0.4 is 9.62 Å². The molecule has 0 radical (unpaired) electrons. The Kier molecular flexibility index (Phi) is 6.08. The van der Waals surface area contributed by atoms with Gasteiger partial charge in [0.1, 0.15) is 4.90 Å². The third-order valence-corrected chi connectivity index (χ3v) is 6.01. The summed E-state index contributed by atoms with van der Waals surface area (Å²) in [5, 5.41) is 2.81. The molecule has 0 saturated heterocycles. The minimum absolute atomic E-state index is 0.0403. The van der Waals surface area contributed by atoms with Gasteiger partial charge in [0.05, 0.1) is 10.7 Å². The Labute approximate surface area is 153 Å². The molecule has 2 aromatic rings. The van der Waals surface area contributed by atoms with Gasteiger partial charge in [-0.1, -0.05) is 43.6 Å². The zero-order valence-electron chi connectivity index (χ0n) is 14.4. The van der Waals surface area contributed by atoms with Gasteiger partial charge in [0.25, 0.3) is 10.0 Å². The van der Waals surface area contributed by atoms with Crippen LogP contribution in [0.25, 0.3) is 0 Å². The van der Waals surface area contributed by atoms with E-state index in [1.165, 1.54) is 16.4 Å². The number of carbonyl (C=O) groups excluding carboxylic acids is 1. The highest BCUT2D eigenvalue weighted by Crippen LogP contribution is 2.30. The molecule has 0 atom stereocenters. The highest BCUT2D eigenvalue weighted by Gasteiger charge is 2.26. The zero-order chi connectivity index (χ0) is 18.6. The fourth-order valence-corrected chi connectivity index (χ4v) is 4.25. The molecule has 1 amide bonds. The molecule has 0 aliphatic heterocycles. The van der Waals surface area contributed by atoms with Crippen molar-refractivity contribution >= 4 is 38.9 Å². The smallest absolute Gasteiger partial charge is 0.265 e. The lowest BCUT2D eigenvalue weighted by Crippen LogP contribution is -2.31. The Bertz CT molecular complexity index is 852. The first-order chi connectivity index (χ1) is 11.8. The molecule has 25 heavy (non-hydrogen) atoms. The molecule has 0 aromatic heterocycles. The van der Waals surface area contributed by atoms with E-state index in [2.05, 4.69) is 5.32 Å². The molecule has 2 aromatic carbocycles. The van der Waals surface area contributed by atoms with Crippen molar-refractivity contribution in [1.82, 2.24) is 0 Å². The maximum absolute atomic E-state index is 13.1. The zero-order valence-corrected chi connectivity index (χ0v) is 15.9. The number of anilines is 2. The maximum Gasteiger partial charge on any atom is 0.265 e. The summed E-state index contributed by atoms with van der Waals surface area (Å²) in [5.41, 5.74) is 0.948. The first-order valence-electron chi connectivity index (χ1n) is 7.95. The largest absolute Gasteiger partial charge is 0.326 e. The van der Waals surface area contributed by atoms with Crippen LogP contribution in [-0.4, -0.2) is 20.9 Å². The average molecular weight is 381 g/mol. The van der Waals surface area contributed by atoms with Gasteiger partial charge in [0, 0.05) is 18.2 Å². The number of rotatable bonds is 6. The quantitative estimate of drug-likeness (QED) is 0.818. The molecule has 0 aliphatic carbocycles. The summed E-state index contributed by atoms with van der Waals surface area (Å²) in [4.78, 5) is 11.8. The number of amides is 1. The number of carbonyl (C=O) groups is 1. The van der Waals surface area contributed by atoms with Gasteiger partial charge in [-0.15, -0.1) is 0 Å². The molecule has 7 heteroatoms. The van der Waals surface area contributed by atoms with E-state index in [0.717, 1.165) is 0 Å². The van der Waals surface area contributed by atoms with E-state index in [1.54, 1.807) is 51.1 Å². The van der Waals surface area contributed by atoms with Crippen molar-refractivity contribution in [2.75, 3.05) is 16.2 Å². The standard InChI is InChI=1S/C18H21ClN2O3S/c1-4-21(15-8-6-5-7-9-15)25(23,24)17-12-14(10-11-16(17)19)20-18(22)13(2)3/h5-13H,4H2,1-3H3,(H,20,22). The highest BCUT2D eigenvalue weighted by molar-refractivity contribution is 7.93. The number of nitrogens with one attached hydrogen (secondary N) is 1. The minimum atomic E-state index is -3.86. The fourth-order valence-electron chi connectivity index (χ4n) is 2.27. The molecule has 0 saturated carbocycles. The lowest BCUT2D eigenvalue weighted by Gasteiger charge is -2.23. The number of para-hydroxylation sites is 1. The van der Waals surface area contributed by atoms with Gasteiger partial charge in [0.15, 0.2) is 0 Å². The number of hydrogen-bond donors (Lipinski definition) is 1. The summed E-state index contributed by atoms with van der Waals surface area (Å²) < 4.78 is 27.5. The lowest BCUT2D eigenvalue weighted by atomic mass is 10.2. The van der Waals surface area contributed by atoms with Crippen LogP contribution in [0.2, 0.25) is 5.02 Å². The Morgan fingerprint density at radius 1 is 1.16 bits per heavy atom. The number of nitrogens with zero attached hydrogens (tertiary/aromatic N) is 1. The second kappa shape index (κ2) is 7.89. The van der Waals surface area contributed by atoms with Crippen LogP contribution in [-0.2, 0) is 14.8 Å². The van der Waals surface area contributed by atoms with Gasteiger partial charge in [0.2, 0.25) is 5.91 Å². The van der Waals surface area contributed by atoms with Crippen molar-refractivity contribution in [1.29, 1.82) is 0 Å². The number of sulfonamides is 1. The lowest BCUT2D eigenvalue weighted by molar-refractivity contribution is -0.118. The summed E-state index contributed by atoms with van der Waals surface area (Å²) in [6.45, 7) is 5.53. The molecule has 0 heterocycles. The Morgan fingerprint density at radius 2 is 1.80 bits per heavy atom. The number of hydrogen-bond acceptors (Lipinski definition) is 3. The van der Waals surface area contributed by atoms with Crippen LogP contribution >= 0.6 is 11.6 Å². The summed E-state index contributed by atoms with van der Waals surface area (Å²) >= 11 is 6.15. The second-order valence-corrected chi connectivity index (χ2v) is 8.03. The molecular formula is C18H21ClN2O3S. The molecular weight excluding hydrogens is 360 g/mol. The molecule has 0 fully saturated rings. The topological polar surface area (TPSA) is 66.5 Å². The van der Waals surface area contributed by atoms with E-state index in [4.69, 9.17) is 11.6 Å². The van der Waals surface area contributed by atoms with Gasteiger partial charge in [-0.2, -0.15) is 0 Å². The van der Waals surface area contributed by atoms with Crippen LogP contribution in [0.5, 0.6) is 0 Å². The van der Waals surface area contributed by atoms with Crippen molar-refractivity contribution in [3.05, 3.63) is 53.6 Å². The minimum Gasteiger partial charge on any atom is -0.326 e. The van der Waals surface area contributed by atoms with Gasteiger partial charge >= 0.3 is 0 Å². The fraction of sp³-hybridized carbons (Fsp3) is 0.278. The molecule has 0 unspecified atom stereocenters. The summed E-state index contributed by atoms with van der Waals surface area (Å²) in [7, 11) is -3.86. The van der Waals surface area contributed by atoms with Crippen molar-refractivity contribution in [3.8, 4) is 0 Å². The van der Waals surface area contributed by atoms with E-state index < -0.39 is 10.0 Å². The normalized spacial score (nSPS) is 11.4. The van der Waals surface area contributed by atoms with E-state index in [9.17, 15) is 13.2 Å². The number of benzene rings is 2. The van der Waals surface area contributed by atoms with Crippen molar-refractivity contribution in [2.24, 2.45) is 5.92 Å². The summed E-state index contributed by atoms with van der Waals surface area (Å²) in [6, 6.07) is 13.3. The van der Waals surface area contributed by atoms with E-state index >= 15 is 0 Å². The predicted molar refractivity (Wildman–Crippen MR) is 102 cm³/mol. The van der Waals surface area contributed by atoms with E-state index in [1.807, 2.05) is 6.07 Å². The third kappa shape index (κ3) is 4.32. The van der Waals surface area contributed by atoms with Crippen LogP contribution in [0.15, 0.2) is 53.4 Å². The molecule has 0 bridgehead atoms. The van der Waals surface area contributed by atoms with E-state index in [0.29, 0.717) is 11.4 Å². The molecule has 1 N–H and O–H groups in total. The van der Waals surface area contributed by atoms with Gasteiger partial charge < -0.3 is 5.32 Å². The van der Waals surface area contributed by atoms with Gasteiger partial charge in [-0.05, 0) is 37.3 Å². The molecule has 5 nitrogen and oxygen atoms in total. The molecule has 134 valence electrons. The molecule has 2 rings (SSSR count). The predicted octanol–water partition coefficient (Wildman–Crippen LogP) is 4.15. The Hall–Kier alpha value is -2.05. The van der Waals surface area contributed by atoms with Crippen molar-refractivity contribution in [2.45, 2.75) is 25.7 Å². The first kappa shape index (κ1) is 19.3. The van der Waals surface area contributed by atoms with Crippen LogP contribution in [0.1, 0.15) is 20.8 Å². The third-order valence-electron chi connectivity index (χ3n) is 3.62. The first-order valence-corrected chi connectivity index (χ1v) is 9.77. The van der Waals surface area contributed by atoms with Crippen LogP contribution in [0.4, 0.5) is 11.4 Å². The van der Waals surface area contributed by atoms with Crippen LogP contribution in [0, 0.1) is 5.92 Å². The summed E-state index contributed by atoms with van der Waals surface area (Å²) in [5.74, 6) is -0.409. The van der Waals surface area contributed by atoms with Gasteiger partial charge in [-0.3, -0.25) is 9.10 Å². The van der Waals surface area contributed by atoms with Crippen molar-refractivity contribution < 1.29 is 13.2 Å².